The Morgan fingerprint density at radius 2 is 1.59 bits per heavy atom. The van der Waals surface area contributed by atoms with Gasteiger partial charge >= 0.3 is 18.2 Å². The highest BCUT2D eigenvalue weighted by molar-refractivity contribution is 5.84. The molecular weight excluding hydrogens is 412 g/mol. The van der Waals surface area contributed by atoms with E-state index in [4.69, 9.17) is 9.47 Å². The molecule has 0 aromatic heterocycles. The number of carboxylic acids is 1. The summed E-state index contributed by atoms with van der Waals surface area (Å²) in [6, 6.07) is 9.57. The Morgan fingerprint density at radius 1 is 1.00 bits per heavy atom. The highest BCUT2D eigenvalue weighted by Crippen LogP contribution is 2.47. The third kappa shape index (κ3) is 5.93. The van der Waals surface area contributed by atoms with Crippen molar-refractivity contribution in [3.63, 3.8) is 0 Å². The van der Waals surface area contributed by atoms with Gasteiger partial charge in [-0.15, -0.1) is 0 Å². The van der Waals surface area contributed by atoms with Crippen LogP contribution in [0.4, 0.5) is 9.59 Å². The van der Waals surface area contributed by atoms with Crippen molar-refractivity contribution in [2.45, 2.75) is 77.0 Å². The van der Waals surface area contributed by atoms with E-state index in [0.717, 1.165) is 18.4 Å². The summed E-state index contributed by atoms with van der Waals surface area (Å²) in [5, 5.41) is 12.5. The number of carbonyl (C=O) groups excluding carboxylic acids is 2. The number of ether oxygens (including phenoxy) is 2. The number of amides is 2. The van der Waals surface area contributed by atoms with Crippen molar-refractivity contribution in [2.24, 2.45) is 5.41 Å². The minimum atomic E-state index is -1.31. The number of piperidine rings is 1. The van der Waals surface area contributed by atoms with Crippen molar-refractivity contribution < 1.29 is 29.0 Å². The number of nitrogens with one attached hydrogen (secondary N) is 1. The highest BCUT2D eigenvalue weighted by Gasteiger charge is 2.49. The van der Waals surface area contributed by atoms with Crippen LogP contribution in [0, 0.1) is 5.41 Å². The molecule has 176 valence electrons. The number of nitrogens with zero attached hydrogens (tertiary/aromatic N) is 1. The van der Waals surface area contributed by atoms with E-state index in [0.29, 0.717) is 38.8 Å². The molecular formula is C24H34N2O6. The van der Waals surface area contributed by atoms with Gasteiger partial charge in [0.25, 0.3) is 0 Å². The summed E-state index contributed by atoms with van der Waals surface area (Å²) in [4.78, 5) is 38.4. The molecule has 1 heterocycles. The van der Waals surface area contributed by atoms with Crippen molar-refractivity contribution in [1.29, 1.82) is 0 Å². The monoisotopic (exact) mass is 446 g/mol. The lowest BCUT2D eigenvalue weighted by molar-refractivity contribution is -0.148. The molecule has 32 heavy (non-hydrogen) atoms. The Hall–Kier alpha value is -2.77. The van der Waals surface area contributed by atoms with Crippen molar-refractivity contribution >= 4 is 18.2 Å². The first-order chi connectivity index (χ1) is 15.0. The summed E-state index contributed by atoms with van der Waals surface area (Å²) >= 11 is 0. The zero-order valence-electron chi connectivity index (χ0n) is 19.2. The predicted molar refractivity (Wildman–Crippen MR) is 118 cm³/mol. The zero-order valence-corrected chi connectivity index (χ0v) is 19.2. The lowest BCUT2D eigenvalue weighted by atomic mass is 9.63. The number of hydrogen-bond acceptors (Lipinski definition) is 5. The first-order valence-corrected chi connectivity index (χ1v) is 11.2. The Bertz CT molecular complexity index is 815. The van der Waals surface area contributed by atoms with Gasteiger partial charge in [-0.25, -0.2) is 14.4 Å². The van der Waals surface area contributed by atoms with E-state index >= 15 is 0 Å². The summed E-state index contributed by atoms with van der Waals surface area (Å²) in [6.07, 6.45) is 2.65. The molecule has 1 aliphatic heterocycles. The van der Waals surface area contributed by atoms with Crippen LogP contribution in [-0.2, 0) is 20.9 Å². The van der Waals surface area contributed by atoms with E-state index in [-0.39, 0.29) is 18.1 Å². The maximum absolute atomic E-state index is 12.4. The number of rotatable bonds is 4. The van der Waals surface area contributed by atoms with Crippen molar-refractivity contribution in [1.82, 2.24) is 10.2 Å². The number of aliphatic carboxylic acids is 1. The fourth-order valence-electron chi connectivity index (χ4n) is 4.57. The van der Waals surface area contributed by atoms with E-state index in [1.54, 1.807) is 25.7 Å². The molecule has 3 rings (SSSR count). The molecule has 0 bridgehead atoms. The fourth-order valence-corrected chi connectivity index (χ4v) is 4.57. The lowest BCUT2D eigenvalue weighted by Gasteiger charge is -2.48. The molecule has 8 nitrogen and oxygen atoms in total. The van der Waals surface area contributed by atoms with Crippen LogP contribution >= 0.6 is 0 Å². The number of likely N-dealkylation sites (tertiary alicyclic amines) is 1. The molecule has 1 spiro atoms. The van der Waals surface area contributed by atoms with E-state index < -0.39 is 23.2 Å². The second-order valence-corrected chi connectivity index (χ2v) is 10.0. The van der Waals surface area contributed by atoms with Gasteiger partial charge in [-0.3, -0.25) is 0 Å². The molecule has 8 heteroatoms. The Morgan fingerprint density at radius 3 is 2.12 bits per heavy atom. The van der Waals surface area contributed by atoms with Gasteiger partial charge in [-0.05, 0) is 70.3 Å². The standard InChI is InChI=1S/C24H34N2O6/c1-22(2,3)32-20(29)25-24(19(27)28)11-9-23(10-12-24)13-15-26(16-14-23)21(30)31-17-18-7-5-4-6-8-18/h4-8H,9-17H2,1-3H3,(H,25,29)(H,27,28). The SMILES string of the molecule is CC(C)(C)OC(=O)NC1(C(=O)O)CCC2(CCN(C(=O)OCc3ccccc3)CC2)CC1. The summed E-state index contributed by atoms with van der Waals surface area (Å²) < 4.78 is 10.7. The number of benzene rings is 1. The normalized spacial score (nSPS) is 19.8. The first kappa shape index (κ1) is 23.9. The maximum Gasteiger partial charge on any atom is 0.410 e. The van der Waals surface area contributed by atoms with Crippen LogP contribution in [0.1, 0.15) is 64.9 Å². The van der Waals surface area contributed by atoms with Gasteiger partial charge in [0.1, 0.15) is 17.7 Å². The van der Waals surface area contributed by atoms with Gasteiger partial charge < -0.3 is 24.8 Å². The van der Waals surface area contributed by atoms with E-state index in [1.165, 1.54) is 0 Å². The second kappa shape index (κ2) is 9.38. The summed E-state index contributed by atoms with van der Waals surface area (Å²) in [7, 11) is 0. The molecule has 1 aromatic rings. The van der Waals surface area contributed by atoms with Gasteiger partial charge in [0.05, 0.1) is 0 Å². The van der Waals surface area contributed by atoms with Crippen LogP contribution in [0.3, 0.4) is 0 Å². The van der Waals surface area contributed by atoms with Gasteiger partial charge in [0, 0.05) is 13.1 Å². The van der Waals surface area contributed by atoms with Gasteiger partial charge in [0.2, 0.25) is 0 Å². The Balaban J connectivity index is 1.51. The van der Waals surface area contributed by atoms with Crippen LogP contribution in [0.15, 0.2) is 30.3 Å². The van der Waals surface area contributed by atoms with Crippen molar-refractivity contribution in [3.8, 4) is 0 Å². The molecule has 1 aromatic carbocycles. The average molecular weight is 447 g/mol. The third-order valence-electron chi connectivity index (χ3n) is 6.60. The van der Waals surface area contributed by atoms with E-state index in [2.05, 4.69) is 5.32 Å². The summed E-state index contributed by atoms with van der Waals surface area (Å²) in [5.41, 5.74) is -1.06. The molecule has 2 N–H and O–H groups in total. The molecule has 1 aliphatic carbocycles. The topological polar surface area (TPSA) is 105 Å². The number of carbonyl (C=O) groups is 3. The molecule has 0 atom stereocenters. The fraction of sp³-hybridized carbons (Fsp3) is 0.625. The zero-order chi connectivity index (χ0) is 23.4. The quantitative estimate of drug-likeness (QED) is 0.713. The molecule has 1 saturated heterocycles. The van der Waals surface area contributed by atoms with Crippen LogP contribution < -0.4 is 5.32 Å². The predicted octanol–water partition coefficient (Wildman–Crippen LogP) is 4.33. The molecule has 0 unspecified atom stereocenters. The van der Waals surface area contributed by atoms with E-state index in [9.17, 15) is 19.5 Å². The maximum atomic E-state index is 12.4. The smallest absolute Gasteiger partial charge is 0.410 e. The molecule has 0 radical (unpaired) electrons. The van der Waals surface area contributed by atoms with Crippen LogP contribution in [0.25, 0.3) is 0 Å². The molecule has 2 fully saturated rings. The van der Waals surface area contributed by atoms with E-state index in [1.807, 2.05) is 30.3 Å². The van der Waals surface area contributed by atoms with Gasteiger partial charge in [-0.1, -0.05) is 30.3 Å². The van der Waals surface area contributed by atoms with Crippen LogP contribution in [-0.4, -0.2) is 52.4 Å². The number of carboxylic acid groups (broad SMARTS) is 1. The summed E-state index contributed by atoms with van der Waals surface area (Å²) in [6.45, 7) is 6.66. The van der Waals surface area contributed by atoms with Gasteiger partial charge in [-0.2, -0.15) is 0 Å². The second-order valence-electron chi connectivity index (χ2n) is 10.0. The largest absolute Gasteiger partial charge is 0.480 e. The molecule has 2 amide bonds. The third-order valence-corrected chi connectivity index (χ3v) is 6.60. The van der Waals surface area contributed by atoms with Crippen LogP contribution in [0.5, 0.6) is 0 Å². The minimum absolute atomic E-state index is 0.00915. The van der Waals surface area contributed by atoms with Crippen molar-refractivity contribution in [3.05, 3.63) is 35.9 Å². The highest BCUT2D eigenvalue weighted by atomic mass is 16.6. The lowest BCUT2D eigenvalue weighted by Crippen LogP contribution is -2.59. The molecule has 1 saturated carbocycles. The van der Waals surface area contributed by atoms with Gasteiger partial charge in [0.15, 0.2) is 0 Å². The minimum Gasteiger partial charge on any atom is -0.480 e. The number of hydrogen-bond donors (Lipinski definition) is 2. The van der Waals surface area contributed by atoms with Crippen LogP contribution in [0.2, 0.25) is 0 Å². The average Bonchev–Trinajstić information content (AvgIpc) is 2.74. The summed E-state index contributed by atoms with van der Waals surface area (Å²) in [5.74, 6) is -1.03. The Labute approximate surface area is 189 Å². The molecule has 2 aliphatic rings. The Kier molecular flexibility index (Phi) is 7.00. The first-order valence-electron chi connectivity index (χ1n) is 11.2. The van der Waals surface area contributed by atoms with Crippen molar-refractivity contribution in [2.75, 3.05) is 13.1 Å². The number of alkyl carbamates (subject to hydrolysis) is 1.